The van der Waals surface area contributed by atoms with Crippen molar-refractivity contribution < 1.29 is 4.92 Å². The number of aromatic nitrogens is 3. The zero-order valence-electron chi connectivity index (χ0n) is 14.2. The van der Waals surface area contributed by atoms with E-state index in [1.54, 1.807) is 23.1 Å². The van der Waals surface area contributed by atoms with Gasteiger partial charge in [0.2, 0.25) is 5.82 Å². The zero-order chi connectivity index (χ0) is 17.3. The molecule has 1 fully saturated rings. The van der Waals surface area contributed by atoms with E-state index in [1.807, 2.05) is 18.5 Å². The van der Waals surface area contributed by atoms with Crippen LogP contribution in [-0.2, 0) is 13.5 Å². The van der Waals surface area contributed by atoms with Gasteiger partial charge in [-0.25, -0.2) is 9.67 Å². The summed E-state index contributed by atoms with van der Waals surface area (Å²) in [5.41, 5.74) is 0.706. The fourth-order valence-corrected chi connectivity index (χ4v) is 3.98. The zero-order valence-corrected chi connectivity index (χ0v) is 15.0. The molecule has 0 saturated carbocycles. The third kappa shape index (κ3) is 3.01. The molecule has 3 rings (SSSR count). The Kier molecular flexibility index (Phi) is 4.81. The lowest BCUT2D eigenvalue weighted by Gasteiger charge is -2.37. The van der Waals surface area contributed by atoms with Crippen molar-refractivity contribution in [2.75, 3.05) is 31.1 Å². The number of aryl methyl sites for hydroxylation is 2. The lowest BCUT2D eigenvalue weighted by atomic mass is 10.2. The van der Waals surface area contributed by atoms with E-state index >= 15 is 0 Å². The summed E-state index contributed by atoms with van der Waals surface area (Å²) in [6, 6.07) is 0.278. The molecule has 1 atom stereocenters. The van der Waals surface area contributed by atoms with Crippen molar-refractivity contribution in [1.82, 2.24) is 19.7 Å². The molecule has 0 N–H and O–H groups in total. The highest BCUT2D eigenvalue weighted by molar-refractivity contribution is 7.09. The van der Waals surface area contributed by atoms with Crippen molar-refractivity contribution in [3.05, 3.63) is 32.4 Å². The van der Waals surface area contributed by atoms with Crippen molar-refractivity contribution >= 4 is 22.8 Å². The highest BCUT2D eigenvalue weighted by Gasteiger charge is 2.32. The molecular formula is C15H22N6O2S. The van der Waals surface area contributed by atoms with E-state index in [9.17, 15) is 10.1 Å². The minimum Gasteiger partial charge on any atom is -0.349 e. The van der Waals surface area contributed by atoms with Gasteiger partial charge in [0.1, 0.15) is 10.7 Å². The lowest BCUT2D eigenvalue weighted by molar-refractivity contribution is -0.384. The average Bonchev–Trinajstić information content (AvgIpc) is 3.21. The fraction of sp³-hybridized carbons (Fsp3) is 0.600. The number of hydrogen-bond donors (Lipinski definition) is 0. The molecule has 1 aliphatic heterocycles. The van der Waals surface area contributed by atoms with Gasteiger partial charge in [0.25, 0.3) is 0 Å². The van der Waals surface area contributed by atoms with E-state index in [0.29, 0.717) is 17.9 Å². The molecule has 2 aromatic heterocycles. The third-order valence-corrected chi connectivity index (χ3v) is 5.50. The molecule has 1 saturated heterocycles. The Morgan fingerprint density at radius 1 is 1.38 bits per heavy atom. The molecule has 24 heavy (non-hydrogen) atoms. The summed E-state index contributed by atoms with van der Waals surface area (Å²) in [6.45, 7) is 7.26. The molecule has 9 heteroatoms. The van der Waals surface area contributed by atoms with Gasteiger partial charge >= 0.3 is 5.69 Å². The third-order valence-electron chi connectivity index (χ3n) is 4.55. The van der Waals surface area contributed by atoms with Gasteiger partial charge in [-0.2, -0.15) is 5.10 Å². The van der Waals surface area contributed by atoms with Crippen LogP contribution in [0.25, 0.3) is 0 Å². The van der Waals surface area contributed by atoms with Crippen LogP contribution in [0, 0.1) is 10.1 Å². The Bertz CT molecular complexity index is 706. The molecule has 0 spiro atoms. The molecule has 0 radical (unpaired) electrons. The number of rotatable bonds is 5. The Balaban J connectivity index is 1.75. The summed E-state index contributed by atoms with van der Waals surface area (Å²) in [4.78, 5) is 20.0. The minimum atomic E-state index is -0.300. The van der Waals surface area contributed by atoms with Crippen LogP contribution in [0.4, 0.5) is 11.5 Å². The van der Waals surface area contributed by atoms with Crippen molar-refractivity contribution in [3.8, 4) is 0 Å². The Hall–Kier alpha value is -2.00. The van der Waals surface area contributed by atoms with Crippen LogP contribution < -0.4 is 4.90 Å². The topological polar surface area (TPSA) is 80.3 Å². The molecule has 0 aromatic carbocycles. The van der Waals surface area contributed by atoms with Crippen LogP contribution >= 0.6 is 11.3 Å². The molecule has 1 unspecified atom stereocenters. The Morgan fingerprint density at radius 3 is 2.62 bits per heavy atom. The first kappa shape index (κ1) is 16.8. The summed E-state index contributed by atoms with van der Waals surface area (Å²) in [5, 5.41) is 18.9. The maximum atomic E-state index is 11.5. The summed E-state index contributed by atoms with van der Waals surface area (Å²) in [5.74, 6) is 0.624. The van der Waals surface area contributed by atoms with Gasteiger partial charge in [-0.3, -0.25) is 15.0 Å². The second-order valence-corrected chi connectivity index (χ2v) is 6.85. The standard InChI is InChI=1S/C15H22N6O2S/c1-4-12-13(21(22)23)15(18(3)17-12)20-8-6-19(7-9-20)11(2)14-16-5-10-24-14/h5,10-11H,4,6-9H2,1-3H3. The predicted octanol–water partition coefficient (Wildman–Crippen LogP) is 2.23. The van der Waals surface area contributed by atoms with Crippen LogP contribution in [0.2, 0.25) is 0 Å². The number of hydrogen-bond acceptors (Lipinski definition) is 7. The summed E-state index contributed by atoms with van der Waals surface area (Å²) >= 11 is 1.67. The van der Waals surface area contributed by atoms with Crippen molar-refractivity contribution in [3.63, 3.8) is 0 Å². The number of nitrogens with zero attached hydrogens (tertiary/aromatic N) is 6. The van der Waals surface area contributed by atoms with Gasteiger partial charge in [-0.15, -0.1) is 11.3 Å². The molecule has 8 nitrogen and oxygen atoms in total. The predicted molar refractivity (Wildman–Crippen MR) is 93.6 cm³/mol. The molecule has 0 aliphatic carbocycles. The number of thiazole rings is 1. The van der Waals surface area contributed by atoms with E-state index in [1.165, 1.54) is 0 Å². The highest BCUT2D eigenvalue weighted by atomic mass is 32.1. The normalized spacial score (nSPS) is 17.2. The summed E-state index contributed by atoms with van der Waals surface area (Å²) in [6.07, 6.45) is 2.39. The first-order chi connectivity index (χ1) is 11.5. The molecule has 3 heterocycles. The second-order valence-electron chi connectivity index (χ2n) is 5.92. The monoisotopic (exact) mass is 350 g/mol. The first-order valence-corrected chi connectivity index (χ1v) is 8.99. The SMILES string of the molecule is CCc1nn(C)c(N2CCN(C(C)c3nccs3)CC2)c1[N+](=O)[O-]. The van der Waals surface area contributed by atoms with Gasteiger partial charge in [0.15, 0.2) is 0 Å². The first-order valence-electron chi connectivity index (χ1n) is 8.11. The second kappa shape index (κ2) is 6.86. The number of nitro groups is 1. The van der Waals surface area contributed by atoms with E-state index < -0.39 is 0 Å². The van der Waals surface area contributed by atoms with Crippen LogP contribution in [0.15, 0.2) is 11.6 Å². The number of anilines is 1. The van der Waals surface area contributed by atoms with E-state index in [0.717, 1.165) is 31.2 Å². The maximum Gasteiger partial charge on any atom is 0.334 e. The summed E-state index contributed by atoms with van der Waals surface area (Å²) < 4.78 is 1.65. The highest BCUT2D eigenvalue weighted by Crippen LogP contribution is 2.33. The molecule has 130 valence electrons. The minimum absolute atomic E-state index is 0.154. The van der Waals surface area contributed by atoms with Crippen molar-refractivity contribution in [2.45, 2.75) is 26.3 Å². The van der Waals surface area contributed by atoms with E-state index in [4.69, 9.17) is 0 Å². The Morgan fingerprint density at radius 2 is 2.08 bits per heavy atom. The van der Waals surface area contributed by atoms with Crippen LogP contribution in [0.1, 0.15) is 30.6 Å². The summed E-state index contributed by atoms with van der Waals surface area (Å²) in [7, 11) is 1.78. The number of piperazine rings is 1. The van der Waals surface area contributed by atoms with Crippen LogP contribution in [0.5, 0.6) is 0 Å². The van der Waals surface area contributed by atoms with Crippen molar-refractivity contribution in [2.24, 2.45) is 7.05 Å². The van der Waals surface area contributed by atoms with Gasteiger partial charge in [-0.05, 0) is 13.3 Å². The van der Waals surface area contributed by atoms with Crippen LogP contribution in [-0.4, -0.2) is 50.8 Å². The lowest BCUT2D eigenvalue weighted by Crippen LogP contribution is -2.47. The van der Waals surface area contributed by atoms with E-state index in [-0.39, 0.29) is 16.7 Å². The molecular weight excluding hydrogens is 328 g/mol. The average molecular weight is 350 g/mol. The smallest absolute Gasteiger partial charge is 0.334 e. The van der Waals surface area contributed by atoms with Gasteiger partial charge < -0.3 is 4.90 Å². The van der Waals surface area contributed by atoms with E-state index in [2.05, 4.69) is 26.8 Å². The fourth-order valence-electron chi connectivity index (χ4n) is 3.26. The molecule has 2 aromatic rings. The molecule has 1 aliphatic rings. The van der Waals surface area contributed by atoms with Gasteiger partial charge in [-0.1, -0.05) is 6.92 Å². The molecule has 0 amide bonds. The maximum absolute atomic E-state index is 11.5. The van der Waals surface area contributed by atoms with Gasteiger partial charge in [0.05, 0.1) is 11.0 Å². The largest absolute Gasteiger partial charge is 0.349 e. The van der Waals surface area contributed by atoms with Crippen molar-refractivity contribution in [1.29, 1.82) is 0 Å². The molecule has 0 bridgehead atoms. The van der Waals surface area contributed by atoms with Gasteiger partial charge in [0, 0.05) is 44.8 Å². The Labute approximate surface area is 144 Å². The quantitative estimate of drug-likeness (QED) is 0.608. The van der Waals surface area contributed by atoms with Crippen LogP contribution in [0.3, 0.4) is 0 Å².